The summed E-state index contributed by atoms with van der Waals surface area (Å²) in [5.41, 5.74) is 0. The van der Waals surface area contributed by atoms with Gasteiger partial charge in [0, 0.05) is 14.7 Å². The number of amides is 1. The fourth-order valence-corrected chi connectivity index (χ4v) is 1.71. The Morgan fingerprint density at radius 1 is 1.23 bits per heavy atom. The molecule has 0 aliphatic carbocycles. The molecule has 0 aromatic rings. The van der Waals surface area contributed by atoms with Crippen LogP contribution >= 0.6 is 0 Å². The second kappa shape index (κ2) is 11.1. The van der Waals surface area contributed by atoms with Crippen LogP contribution in [0.4, 0.5) is 0 Å². The maximum absolute atomic E-state index is 11.2. The minimum Gasteiger partial charge on any atom is -0.542 e. The Morgan fingerprint density at radius 2 is 1.77 bits per heavy atom. The molecule has 0 saturated carbocycles. The first-order valence-electron chi connectivity index (χ1n) is 6.81. The molecule has 0 bridgehead atoms. The van der Waals surface area contributed by atoms with E-state index in [9.17, 15) is 34.8 Å². The van der Waals surface area contributed by atoms with E-state index in [0.717, 1.165) is 6.92 Å². The smallest absolute Gasteiger partial charge is 0.542 e. The monoisotopic (exact) mass is 330 g/mol. The molecule has 0 spiro atoms. The Bertz CT molecular complexity index is 411. The summed E-state index contributed by atoms with van der Waals surface area (Å²) in [5.74, 6) is -5.08. The van der Waals surface area contributed by atoms with E-state index in [2.05, 4.69) is 5.32 Å². The SMILES string of the molecule is [2H]C[C@@H](CC(=O)C(=O)[O-])[C@@H](NC(C)=O)[C@@H](O)[C@H](O)[C@H](O)CO.[Na+]. The largest absolute Gasteiger partial charge is 1.00 e. The Labute approximate surface area is 151 Å². The molecule has 0 aromatic carbocycles. The summed E-state index contributed by atoms with van der Waals surface area (Å²) < 4.78 is 7.33. The summed E-state index contributed by atoms with van der Waals surface area (Å²) in [5, 5.41) is 50.4. The molecule has 0 rings (SSSR count). The molecule has 0 fully saturated rings. The third-order valence-electron chi connectivity index (χ3n) is 2.85. The van der Waals surface area contributed by atoms with Crippen LogP contribution in [0.15, 0.2) is 0 Å². The van der Waals surface area contributed by atoms with Crippen molar-refractivity contribution in [1.82, 2.24) is 5.32 Å². The number of hydrogen-bond donors (Lipinski definition) is 5. The number of rotatable bonds is 9. The summed E-state index contributed by atoms with van der Waals surface area (Å²) in [4.78, 5) is 32.8. The maximum Gasteiger partial charge on any atom is 1.00 e. The second-order valence-corrected chi connectivity index (χ2v) is 4.63. The third-order valence-corrected chi connectivity index (χ3v) is 2.85. The number of aliphatic carboxylic acids is 1. The molecular formula is C12H20NNaO8. The van der Waals surface area contributed by atoms with Crippen molar-refractivity contribution in [3.8, 4) is 0 Å². The van der Waals surface area contributed by atoms with Crippen LogP contribution in [0.25, 0.3) is 0 Å². The van der Waals surface area contributed by atoms with Gasteiger partial charge in [-0.1, -0.05) is 6.90 Å². The number of hydrogen-bond acceptors (Lipinski definition) is 8. The average molecular weight is 330 g/mol. The van der Waals surface area contributed by atoms with E-state index >= 15 is 0 Å². The number of nitrogens with one attached hydrogen (secondary N) is 1. The Kier molecular flexibility index (Phi) is 10.8. The van der Waals surface area contributed by atoms with Crippen molar-refractivity contribution in [3.05, 3.63) is 0 Å². The van der Waals surface area contributed by atoms with Gasteiger partial charge in [0.05, 0.1) is 12.6 Å². The second-order valence-electron chi connectivity index (χ2n) is 4.63. The van der Waals surface area contributed by atoms with E-state index in [1.54, 1.807) is 0 Å². The number of carbonyl (C=O) groups excluding carboxylic acids is 3. The molecule has 9 nitrogen and oxygen atoms in total. The molecule has 10 heteroatoms. The molecule has 5 atom stereocenters. The molecule has 0 radical (unpaired) electrons. The first-order valence-corrected chi connectivity index (χ1v) is 6.11. The molecule has 0 unspecified atom stereocenters. The first kappa shape index (κ1) is 21.4. The molecule has 0 aromatic heterocycles. The standard InChI is InChI=1S/C12H21NO8.Na/c1-5(3-7(16)12(20)21)9(13-6(2)15)11(19)10(18)8(17)4-14;/h5,8-11,14,17-19H,3-4H2,1-2H3,(H,13,15)(H,20,21);/q;+1/p-1/t5-,8+,9+,10+,11+;/m0./s1/i1D;. The van der Waals surface area contributed by atoms with E-state index in [-0.39, 0.29) is 29.6 Å². The average Bonchev–Trinajstić information content (AvgIpc) is 2.47. The van der Waals surface area contributed by atoms with Crippen LogP contribution in [-0.2, 0) is 14.4 Å². The summed E-state index contributed by atoms with van der Waals surface area (Å²) in [6, 6.07) is -1.37. The number of aliphatic hydroxyl groups excluding tert-OH is 4. The van der Waals surface area contributed by atoms with Gasteiger partial charge < -0.3 is 35.6 Å². The molecule has 0 saturated heterocycles. The fourth-order valence-electron chi connectivity index (χ4n) is 1.71. The summed E-state index contributed by atoms with van der Waals surface area (Å²) in [7, 11) is 0. The molecule has 0 aliphatic heterocycles. The van der Waals surface area contributed by atoms with Gasteiger partial charge in [-0.3, -0.25) is 9.59 Å². The number of carbonyl (C=O) groups is 3. The van der Waals surface area contributed by atoms with E-state index in [1.165, 1.54) is 0 Å². The molecule has 5 N–H and O–H groups in total. The van der Waals surface area contributed by atoms with Gasteiger partial charge in [-0.25, -0.2) is 0 Å². The van der Waals surface area contributed by atoms with Crippen LogP contribution < -0.4 is 40.0 Å². The maximum atomic E-state index is 11.2. The minimum absolute atomic E-state index is 0. The van der Waals surface area contributed by atoms with Gasteiger partial charge in [-0.15, -0.1) is 0 Å². The van der Waals surface area contributed by atoms with Crippen molar-refractivity contribution in [1.29, 1.82) is 0 Å². The van der Waals surface area contributed by atoms with Crippen molar-refractivity contribution in [3.63, 3.8) is 0 Å². The van der Waals surface area contributed by atoms with Crippen molar-refractivity contribution >= 4 is 17.7 Å². The molecule has 0 aliphatic rings. The summed E-state index contributed by atoms with van der Waals surface area (Å²) in [6.45, 7) is -0.326. The Hall–Kier alpha value is -0.550. The van der Waals surface area contributed by atoms with Gasteiger partial charge in [0.1, 0.15) is 24.3 Å². The fraction of sp³-hybridized carbons (Fsp3) is 0.750. The predicted octanol–water partition coefficient (Wildman–Crippen LogP) is -7.08. The van der Waals surface area contributed by atoms with Crippen molar-refractivity contribution in [2.24, 2.45) is 5.92 Å². The van der Waals surface area contributed by atoms with Gasteiger partial charge in [0.15, 0.2) is 5.78 Å². The Morgan fingerprint density at radius 3 is 2.14 bits per heavy atom. The normalized spacial score (nSPS) is 18.0. The van der Waals surface area contributed by atoms with Crippen LogP contribution in [0.3, 0.4) is 0 Å². The van der Waals surface area contributed by atoms with Crippen LogP contribution in [0.5, 0.6) is 0 Å². The molecule has 122 valence electrons. The summed E-state index contributed by atoms with van der Waals surface area (Å²) >= 11 is 0. The number of carboxylic acid groups (broad SMARTS) is 1. The zero-order valence-electron chi connectivity index (χ0n) is 13.4. The van der Waals surface area contributed by atoms with Crippen molar-refractivity contribution in [2.45, 2.75) is 44.6 Å². The minimum atomic E-state index is -1.97. The number of Topliss-reactive ketones (excluding diaryl/α,β-unsaturated/α-hetero) is 1. The molecule has 22 heavy (non-hydrogen) atoms. The van der Waals surface area contributed by atoms with Crippen molar-refractivity contribution < 1.29 is 70.8 Å². The van der Waals surface area contributed by atoms with Crippen LogP contribution in [0, 0.1) is 5.92 Å². The van der Waals surface area contributed by atoms with Gasteiger partial charge >= 0.3 is 29.6 Å². The number of carboxylic acids is 1. The van der Waals surface area contributed by atoms with Crippen LogP contribution in [0.1, 0.15) is 21.6 Å². The number of aliphatic hydroxyl groups is 4. The zero-order valence-corrected chi connectivity index (χ0v) is 14.4. The summed E-state index contributed by atoms with van der Waals surface area (Å²) in [6.07, 6.45) is -6.10. The molecule has 0 heterocycles. The third kappa shape index (κ3) is 7.63. The van der Waals surface area contributed by atoms with Gasteiger partial charge in [0.2, 0.25) is 5.91 Å². The predicted molar refractivity (Wildman–Crippen MR) is 66.5 cm³/mol. The molecule has 1 amide bonds. The zero-order chi connectivity index (χ0) is 17.4. The quantitative estimate of drug-likeness (QED) is 0.205. The van der Waals surface area contributed by atoms with Crippen LogP contribution in [-0.4, -0.2) is 69.0 Å². The van der Waals surface area contributed by atoms with Gasteiger partial charge in [-0.2, -0.15) is 0 Å². The topological polar surface area (TPSA) is 167 Å². The Balaban J connectivity index is 0. The first-order chi connectivity index (χ1) is 10.1. The van der Waals surface area contributed by atoms with E-state index in [4.69, 9.17) is 6.48 Å². The number of ketones is 1. The van der Waals surface area contributed by atoms with E-state index in [0.29, 0.717) is 0 Å². The van der Waals surface area contributed by atoms with Gasteiger partial charge in [-0.05, 0) is 5.92 Å². The van der Waals surface area contributed by atoms with E-state index in [1.807, 2.05) is 0 Å². The van der Waals surface area contributed by atoms with Gasteiger partial charge in [0.25, 0.3) is 0 Å². The van der Waals surface area contributed by atoms with Crippen molar-refractivity contribution in [2.75, 3.05) is 6.61 Å². The molecular weight excluding hydrogens is 309 g/mol. The van der Waals surface area contributed by atoms with Crippen LogP contribution in [0.2, 0.25) is 0 Å². The van der Waals surface area contributed by atoms with E-state index < -0.39 is 67.9 Å².